The number of rotatable bonds is 7. The van der Waals surface area contributed by atoms with Crippen LogP contribution in [0.1, 0.15) is 23.2 Å². The minimum Gasteiger partial charge on any atom is -0.382 e. The van der Waals surface area contributed by atoms with Crippen molar-refractivity contribution in [2.75, 3.05) is 12.3 Å². The molecule has 0 saturated heterocycles. The second kappa shape index (κ2) is 8.97. The summed E-state index contributed by atoms with van der Waals surface area (Å²) in [7, 11) is -3.76. The first-order valence-corrected chi connectivity index (χ1v) is 11.7. The first kappa shape index (κ1) is 22.4. The van der Waals surface area contributed by atoms with Crippen LogP contribution in [-0.2, 0) is 16.4 Å². The summed E-state index contributed by atoms with van der Waals surface area (Å²) in [6, 6.07) is 14.4. The van der Waals surface area contributed by atoms with Gasteiger partial charge in [-0.3, -0.25) is 4.98 Å². The van der Waals surface area contributed by atoms with E-state index in [1.54, 1.807) is 30.5 Å². The summed E-state index contributed by atoms with van der Waals surface area (Å²) in [5.74, 6) is -0.243. The average molecular weight is 465 g/mol. The van der Waals surface area contributed by atoms with Gasteiger partial charge in [0.2, 0.25) is 10.0 Å². The molecule has 3 N–H and O–H groups in total. The molecule has 10 heteroatoms. The van der Waals surface area contributed by atoms with Crippen molar-refractivity contribution in [3.8, 4) is 11.8 Å². The van der Waals surface area contributed by atoms with Gasteiger partial charge in [-0.2, -0.15) is 10.4 Å². The lowest BCUT2D eigenvalue weighted by Gasteiger charge is -2.10. The zero-order valence-corrected chi connectivity index (χ0v) is 18.6. The summed E-state index contributed by atoms with van der Waals surface area (Å²) in [6.07, 6.45) is 2.36. The van der Waals surface area contributed by atoms with E-state index in [1.807, 2.05) is 13.0 Å². The van der Waals surface area contributed by atoms with E-state index in [0.717, 1.165) is 5.56 Å². The highest BCUT2D eigenvalue weighted by atomic mass is 32.2. The maximum absolute atomic E-state index is 13.2. The van der Waals surface area contributed by atoms with Crippen LogP contribution in [0.25, 0.3) is 16.6 Å². The summed E-state index contributed by atoms with van der Waals surface area (Å²) >= 11 is 0. The topological polar surface area (TPSA) is 127 Å². The van der Waals surface area contributed by atoms with Gasteiger partial charge < -0.3 is 5.73 Å². The lowest BCUT2D eigenvalue weighted by molar-refractivity contribution is 0.579. The number of hydrogen-bond acceptors (Lipinski definition) is 6. The molecule has 168 valence electrons. The maximum Gasteiger partial charge on any atom is 0.241 e. The highest BCUT2D eigenvalue weighted by Crippen LogP contribution is 2.25. The first-order valence-electron chi connectivity index (χ1n) is 10.2. The number of nitrogens with two attached hydrogens (primary N) is 1. The largest absolute Gasteiger partial charge is 0.382 e. The van der Waals surface area contributed by atoms with Gasteiger partial charge in [0, 0.05) is 18.1 Å². The van der Waals surface area contributed by atoms with Gasteiger partial charge in [0.25, 0.3) is 0 Å². The Kier molecular flexibility index (Phi) is 6.09. The Bertz CT molecular complexity index is 1470. The number of pyridine rings is 1. The third-order valence-electron chi connectivity index (χ3n) is 5.28. The molecule has 33 heavy (non-hydrogen) atoms. The van der Waals surface area contributed by atoms with Crippen LogP contribution in [0.3, 0.4) is 0 Å². The van der Waals surface area contributed by atoms with Crippen molar-refractivity contribution >= 4 is 26.7 Å². The number of hydrogen-bond donors (Lipinski definition) is 2. The number of aryl methyl sites for hydroxylation is 2. The summed E-state index contributed by atoms with van der Waals surface area (Å²) in [6.45, 7) is 2.02. The van der Waals surface area contributed by atoms with E-state index in [0.29, 0.717) is 35.1 Å². The number of nitrogens with one attached hydrogen (secondary N) is 1. The van der Waals surface area contributed by atoms with Gasteiger partial charge in [0.05, 0.1) is 21.8 Å². The fraction of sp³-hybridized carbons (Fsp3) is 0.174. The van der Waals surface area contributed by atoms with Gasteiger partial charge in [-0.1, -0.05) is 6.07 Å². The van der Waals surface area contributed by atoms with Crippen molar-refractivity contribution in [2.24, 2.45) is 0 Å². The molecule has 0 atom stereocenters. The minimum atomic E-state index is -3.76. The van der Waals surface area contributed by atoms with Crippen LogP contribution in [0.2, 0.25) is 0 Å². The molecule has 0 aliphatic carbocycles. The Labute approximate surface area is 190 Å². The molecule has 2 aromatic heterocycles. The van der Waals surface area contributed by atoms with E-state index >= 15 is 0 Å². The molecule has 0 spiro atoms. The molecule has 0 radical (unpaired) electrons. The standard InChI is InChI=1S/C23H21FN6O2S/c1-15-6-11-21(18-4-2-12-27-22(15)18)33(31,32)28-13-3-5-20-19(14-25)23(26)30(29-20)17-9-7-16(24)8-10-17/h2,4,6-12,28H,3,5,13,26H2,1H3. The van der Waals surface area contributed by atoms with Crippen molar-refractivity contribution in [1.29, 1.82) is 5.26 Å². The van der Waals surface area contributed by atoms with Crippen molar-refractivity contribution in [1.82, 2.24) is 19.5 Å². The third-order valence-corrected chi connectivity index (χ3v) is 6.80. The molecule has 0 amide bonds. The Morgan fingerprint density at radius 1 is 1.18 bits per heavy atom. The molecule has 4 aromatic rings. The Hall–Kier alpha value is -3.81. The zero-order chi connectivity index (χ0) is 23.6. The number of benzene rings is 2. The number of nitriles is 1. The number of fused-ring (bicyclic) bond motifs is 1. The van der Waals surface area contributed by atoms with E-state index < -0.39 is 15.8 Å². The van der Waals surface area contributed by atoms with Gasteiger partial charge in [0.15, 0.2) is 0 Å². The van der Waals surface area contributed by atoms with E-state index in [1.165, 1.54) is 28.9 Å². The maximum atomic E-state index is 13.2. The first-order chi connectivity index (χ1) is 15.8. The van der Waals surface area contributed by atoms with Gasteiger partial charge in [-0.05, 0) is 67.8 Å². The molecule has 0 fully saturated rings. The molecule has 0 bridgehead atoms. The lowest BCUT2D eigenvalue weighted by Crippen LogP contribution is -2.25. The quantitative estimate of drug-likeness (QED) is 0.404. The fourth-order valence-electron chi connectivity index (χ4n) is 3.62. The summed E-state index contributed by atoms with van der Waals surface area (Å²) in [4.78, 5) is 4.45. The second-order valence-corrected chi connectivity index (χ2v) is 9.22. The van der Waals surface area contributed by atoms with Crippen LogP contribution >= 0.6 is 0 Å². The van der Waals surface area contributed by atoms with Crippen LogP contribution in [0, 0.1) is 24.1 Å². The van der Waals surface area contributed by atoms with E-state index in [-0.39, 0.29) is 22.8 Å². The Morgan fingerprint density at radius 2 is 1.94 bits per heavy atom. The monoisotopic (exact) mass is 464 g/mol. The highest BCUT2D eigenvalue weighted by molar-refractivity contribution is 7.89. The van der Waals surface area contributed by atoms with Crippen LogP contribution in [-0.4, -0.2) is 29.7 Å². The molecule has 2 heterocycles. The molecule has 2 aromatic carbocycles. The molecule has 0 aliphatic rings. The highest BCUT2D eigenvalue weighted by Gasteiger charge is 2.19. The number of anilines is 1. The molecule has 0 unspecified atom stereocenters. The Morgan fingerprint density at radius 3 is 2.67 bits per heavy atom. The van der Waals surface area contributed by atoms with Crippen LogP contribution in [0.5, 0.6) is 0 Å². The van der Waals surface area contributed by atoms with Crippen LogP contribution < -0.4 is 10.5 Å². The van der Waals surface area contributed by atoms with Crippen molar-refractivity contribution in [3.05, 3.63) is 77.4 Å². The smallest absolute Gasteiger partial charge is 0.241 e. The van der Waals surface area contributed by atoms with Crippen LogP contribution in [0.15, 0.2) is 59.6 Å². The average Bonchev–Trinajstić information content (AvgIpc) is 3.12. The minimum absolute atomic E-state index is 0.145. The molecular weight excluding hydrogens is 443 g/mol. The predicted molar refractivity (Wildman–Crippen MR) is 123 cm³/mol. The summed E-state index contributed by atoms with van der Waals surface area (Å²) < 4.78 is 43.0. The lowest BCUT2D eigenvalue weighted by atomic mass is 10.1. The molecule has 4 rings (SSSR count). The van der Waals surface area contributed by atoms with E-state index in [9.17, 15) is 18.1 Å². The molecule has 0 aliphatic heterocycles. The fourth-order valence-corrected chi connectivity index (χ4v) is 4.89. The SMILES string of the molecule is Cc1ccc(S(=O)(=O)NCCCc2nn(-c3ccc(F)cc3)c(N)c2C#N)c2cccnc12. The molecular formula is C23H21FN6O2S. The third kappa shape index (κ3) is 4.41. The van der Waals surface area contributed by atoms with E-state index in [2.05, 4.69) is 14.8 Å². The summed E-state index contributed by atoms with van der Waals surface area (Å²) in [5.41, 5.74) is 8.79. The second-order valence-electron chi connectivity index (χ2n) is 7.49. The number of nitrogen functional groups attached to an aromatic ring is 1. The van der Waals surface area contributed by atoms with Gasteiger partial charge >= 0.3 is 0 Å². The molecule has 8 nitrogen and oxygen atoms in total. The van der Waals surface area contributed by atoms with Gasteiger partial charge in [-0.25, -0.2) is 22.2 Å². The summed E-state index contributed by atoms with van der Waals surface area (Å²) in [5, 5.41) is 14.4. The zero-order valence-electron chi connectivity index (χ0n) is 17.8. The van der Waals surface area contributed by atoms with Gasteiger partial charge in [-0.15, -0.1) is 0 Å². The molecule has 0 saturated carbocycles. The van der Waals surface area contributed by atoms with Crippen molar-refractivity contribution in [3.63, 3.8) is 0 Å². The van der Waals surface area contributed by atoms with E-state index in [4.69, 9.17) is 5.73 Å². The number of nitrogens with zero attached hydrogens (tertiary/aromatic N) is 4. The number of halogens is 1. The number of aromatic nitrogens is 3. The Balaban J connectivity index is 1.48. The van der Waals surface area contributed by atoms with Gasteiger partial charge in [0.1, 0.15) is 23.3 Å². The number of sulfonamides is 1. The predicted octanol–water partition coefficient (Wildman–Crippen LogP) is 3.23. The van der Waals surface area contributed by atoms with Crippen molar-refractivity contribution < 1.29 is 12.8 Å². The normalized spacial score (nSPS) is 11.5. The van der Waals surface area contributed by atoms with Crippen molar-refractivity contribution in [2.45, 2.75) is 24.7 Å². The van der Waals surface area contributed by atoms with Crippen LogP contribution in [0.4, 0.5) is 10.2 Å².